The lowest BCUT2D eigenvalue weighted by atomic mass is 9.92. The summed E-state index contributed by atoms with van der Waals surface area (Å²) in [4.78, 5) is 0. The largest absolute Gasteiger partial charge is 0.504 e. The van der Waals surface area contributed by atoms with E-state index in [-0.39, 0.29) is 11.9 Å². The van der Waals surface area contributed by atoms with E-state index in [9.17, 15) is 5.11 Å². The zero-order valence-corrected chi connectivity index (χ0v) is 10.7. The van der Waals surface area contributed by atoms with E-state index in [4.69, 9.17) is 9.47 Å². The fraction of sp³-hybridized carbons (Fsp3) is 0.571. The average molecular weight is 236 g/mol. The van der Waals surface area contributed by atoms with E-state index in [1.165, 1.54) is 11.1 Å². The Hall–Kier alpha value is -1.22. The van der Waals surface area contributed by atoms with Crippen LogP contribution in [0.15, 0.2) is 12.1 Å². The summed E-state index contributed by atoms with van der Waals surface area (Å²) in [5.74, 6) is 1.34. The molecule has 0 bridgehead atoms. The number of fused-ring (bicyclic) bond motifs is 1. The van der Waals surface area contributed by atoms with Gasteiger partial charge in [-0.2, -0.15) is 0 Å². The normalized spacial score (nSPS) is 19.2. The summed E-state index contributed by atoms with van der Waals surface area (Å²) in [6.07, 6.45) is 2.00. The molecule has 0 radical (unpaired) electrons. The zero-order valence-electron chi connectivity index (χ0n) is 10.7. The fourth-order valence-corrected chi connectivity index (χ4v) is 2.33. The molecule has 1 aliphatic rings. The highest BCUT2D eigenvalue weighted by Crippen LogP contribution is 2.38. The summed E-state index contributed by atoms with van der Waals surface area (Å²) >= 11 is 0. The van der Waals surface area contributed by atoms with Crippen LogP contribution in [0.3, 0.4) is 0 Å². The van der Waals surface area contributed by atoms with Crippen molar-refractivity contribution < 1.29 is 14.6 Å². The number of benzene rings is 1. The molecule has 0 saturated carbocycles. The molecule has 2 rings (SSSR count). The Balaban J connectivity index is 2.35. The molecule has 94 valence electrons. The first-order chi connectivity index (χ1) is 8.11. The van der Waals surface area contributed by atoms with Gasteiger partial charge in [-0.3, -0.25) is 0 Å². The molecular weight excluding hydrogens is 216 g/mol. The van der Waals surface area contributed by atoms with Crippen LogP contribution in [-0.2, 0) is 11.2 Å². The molecule has 0 spiro atoms. The van der Waals surface area contributed by atoms with Gasteiger partial charge in [0.1, 0.15) is 0 Å². The van der Waals surface area contributed by atoms with Crippen molar-refractivity contribution in [2.75, 3.05) is 13.7 Å². The van der Waals surface area contributed by atoms with Crippen LogP contribution in [0.25, 0.3) is 0 Å². The Kier molecular flexibility index (Phi) is 3.57. The van der Waals surface area contributed by atoms with Crippen molar-refractivity contribution >= 4 is 0 Å². The van der Waals surface area contributed by atoms with E-state index in [0.717, 1.165) is 19.4 Å². The van der Waals surface area contributed by atoms with Gasteiger partial charge in [0.05, 0.1) is 19.8 Å². The second kappa shape index (κ2) is 4.96. The van der Waals surface area contributed by atoms with Crippen molar-refractivity contribution in [1.82, 2.24) is 0 Å². The van der Waals surface area contributed by atoms with E-state index in [2.05, 4.69) is 13.8 Å². The number of phenolic OH excluding ortho intramolecular Hbond substituents is 1. The van der Waals surface area contributed by atoms with Crippen LogP contribution in [0.2, 0.25) is 0 Å². The van der Waals surface area contributed by atoms with Crippen molar-refractivity contribution in [3.8, 4) is 11.5 Å². The standard InChI is InChI=1S/C14H20O3/c1-9(2)6-13-11-8-14(16-3)12(15)7-10(11)4-5-17-13/h7-9,13,15H,4-6H2,1-3H3/t13-/m0/s1. The summed E-state index contributed by atoms with van der Waals surface area (Å²) in [5.41, 5.74) is 2.35. The Labute approximate surface area is 102 Å². The second-order valence-corrected chi connectivity index (χ2v) is 4.96. The number of hydrogen-bond donors (Lipinski definition) is 1. The molecular formula is C14H20O3. The van der Waals surface area contributed by atoms with Gasteiger partial charge in [-0.25, -0.2) is 0 Å². The van der Waals surface area contributed by atoms with Crippen molar-refractivity contribution in [3.05, 3.63) is 23.3 Å². The predicted octanol–water partition coefficient (Wildman–Crippen LogP) is 3.06. The van der Waals surface area contributed by atoms with Gasteiger partial charge < -0.3 is 14.6 Å². The van der Waals surface area contributed by atoms with Crippen LogP contribution in [0, 0.1) is 5.92 Å². The molecule has 1 heterocycles. The molecule has 1 aromatic rings. The SMILES string of the molecule is COc1cc2c(cc1O)CCO[C@H]2CC(C)C. The molecule has 1 atom stereocenters. The molecule has 17 heavy (non-hydrogen) atoms. The highest BCUT2D eigenvalue weighted by atomic mass is 16.5. The molecule has 0 unspecified atom stereocenters. The lowest BCUT2D eigenvalue weighted by molar-refractivity contribution is 0.0281. The van der Waals surface area contributed by atoms with E-state index >= 15 is 0 Å². The quantitative estimate of drug-likeness (QED) is 0.876. The van der Waals surface area contributed by atoms with Gasteiger partial charge in [0.25, 0.3) is 0 Å². The van der Waals surface area contributed by atoms with Gasteiger partial charge in [-0.15, -0.1) is 0 Å². The summed E-state index contributed by atoms with van der Waals surface area (Å²) in [5, 5.41) is 9.77. The van der Waals surface area contributed by atoms with E-state index in [1.807, 2.05) is 12.1 Å². The molecule has 1 aliphatic heterocycles. The Morgan fingerprint density at radius 2 is 2.24 bits per heavy atom. The second-order valence-electron chi connectivity index (χ2n) is 4.96. The minimum atomic E-state index is 0.133. The van der Waals surface area contributed by atoms with Crippen LogP contribution in [-0.4, -0.2) is 18.8 Å². The van der Waals surface area contributed by atoms with Crippen LogP contribution in [0.5, 0.6) is 11.5 Å². The van der Waals surface area contributed by atoms with Crippen molar-refractivity contribution in [3.63, 3.8) is 0 Å². The molecule has 1 N–H and O–H groups in total. The number of rotatable bonds is 3. The van der Waals surface area contributed by atoms with E-state index < -0.39 is 0 Å². The maximum absolute atomic E-state index is 9.77. The minimum absolute atomic E-state index is 0.133. The summed E-state index contributed by atoms with van der Waals surface area (Å²) in [6.45, 7) is 5.11. The smallest absolute Gasteiger partial charge is 0.160 e. The van der Waals surface area contributed by atoms with E-state index in [1.54, 1.807) is 7.11 Å². The summed E-state index contributed by atoms with van der Waals surface area (Å²) in [6, 6.07) is 3.72. The van der Waals surface area contributed by atoms with Crippen LogP contribution in [0.4, 0.5) is 0 Å². The zero-order chi connectivity index (χ0) is 12.4. The summed E-state index contributed by atoms with van der Waals surface area (Å²) < 4.78 is 11.0. The average Bonchev–Trinajstić information content (AvgIpc) is 2.27. The Morgan fingerprint density at radius 3 is 2.88 bits per heavy atom. The molecule has 1 aromatic carbocycles. The maximum atomic E-state index is 9.77. The fourth-order valence-electron chi connectivity index (χ4n) is 2.33. The van der Waals surface area contributed by atoms with Crippen molar-refractivity contribution in [2.45, 2.75) is 32.8 Å². The van der Waals surface area contributed by atoms with Gasteiger partial charge >= 0.3 is 0 Å². The number of ether oxygens (including phenoxy) is 2. The first-order valence-electron chi connectivity index (χ1n) is 6.13. The maximum Gasteiger partial charge on any atom is 0.160 e. The highest BCUT2D eigenvalue weighted by molar-refractivity contribution is 5.48. The topological polar surface area (TPSA) is 38.7 Å². The number of aromatic hydroxyl groups is 1. The highest BCUT2D eigenvalue weighted by Gasteiger charge is 2.23. The minimum Gasteiger partial charge on any atom is -0.504 e. The lowest BCUT2D eigenvalue weighted by Crippen LogP contribution is -2.18. The Bertz CT molecular complexity index is 399. The van der Waals surface area contributed by atoms with E-state index in [0.29, 0.717) is 11.7 Å². The van der Waals surface area contributed by atoms with Gasteiger partial charge in [0.2, 0.25) is 0 Å². The van der Waals surface area contributed by atoms with Crippen LogP contribution >= 0.6 is 0 Å². The molecule has 0 fully saturated rings. The van der Waals surface area contributed by atoms with Gasteiger partial charge in [0.15, 0.2) is 11.5 Å². The molecule has 3 nitrogen and oxygen atoms in total. The van der Waals surface area contributed by atoms with Crippen molar-refractivity contribution in [2.24, 2.45) is 5.92 Å². The number of hydrogen-bond acceptors (Lipinski definition) is 3. The molecule has 0 aliphatic carbocycles. The number of methoxy groups -OCH3 is 1. The van der Waals surface area contributed by atoms with Gasteiger partial charge in [0, 0.05) is 0 Å². The first kappa shape index (κ1) is 12.2. The number of phenols is 1. The molecule has 0 amide bonds. The van der Waals surface area contributed by atoms with Gasteiger partial charge in [-0.1, -0.05) is 13.8 Å². The van der Waals surface area contributed by atoms with Crippen LogP contribution in [0.1, 0.15) is 37.5 Å². The Morgan fingerprint density at radius 1 is 1.47 bits per heavy atom. The van der Waals surface area contributed by atoms with Gasteiger partial charge in [-0.05, 0) is 42.0 Å². The first-order valence-corrected chi connectivity index (χ1v) is 6.13. The van der Waals surface area contributed by atoms with Crippen molar-refractivity contribution in [1.29, 1.82) is 0 Å². The monoisotopic (exact) mass is 236 g/mol. The summed E-state index contributed by atoms with van der Waals surface area (Å²) in [7, 11) is 1.57. The third-order valence-electron chi connectivity index (χ3n) is 3.16. The molecule has 3 heteroatoms. The lowest BCUT2D eigenvalue weighted by Gasteiger charge is -2.28. The third-order valence-corrected chi connectivity index (χ3v) is 3.16. The third kappa shape index (κ3) is 2.55. The van der Waals surface area contributed by atoms with Crippen LogP contribution < -0.4 is 4.74 Å². The molecule has 0 aromatic heterocycles. The molecule has 0 saturated heterocycles. The predicted molar refractivity (Wildman–Crippen MR) is 66.5 cm³/mol.